The number of carbonyl (C=O) groups excluding carboxylic acids is 1. The lowest BCUT2D eigenvalue weighted by Crippen LogP contribution is -2.41. The number of likely N-dealkylation sites (N-methyl/N-ethyl adjacent to an activating group) is 1. The first-order chi connectivity index (χ1) is 8.08. The van der Waals surface area contributed by atoms with Gasteiger partial charge in [0.1, 0.15) is 0 Å². The van der Waals surface area contributed by atoms with Gasteiger partial charge in [-0.3, -0.25) is 4.79 Å². The fraction of sp³-hybridized carbons (Fsp3) is 0.929. The van der Waals surface area contributed by atoms with E-state index in [0.29, 0.717) is 23.8 Å². The predicted octanol–water partition coefficient (Wildman–Crippen LogP) is 2.27. The van der Waals surface area contributed by atoms with E-state index in [0.717, 1.165) is 32.5 Å². The molecule has 1 N–H and O–H groups in total. The molecule has 0 aromatic rings. The molecule has 3 heteroatoms. The van der Waals surface area contributed by atoms with Gasteiger partial charge < -0.3 is 10.2 Å². The molecule has 0 spiro atoms. The normalized spacial score (nSPS) is 22.5. The highest BCUT2D eigenvalue weighted by atomic mass is 16.2. The van der Waals surface area contributed by atoms with Crippen LogP contribution in [0, 0.1) is 11.8 Å². The van der Waals surface area contributed by atoms with Crippen molar-refractivity contribution in [2.24, 2.45) is 11.8 Å². The van der Waals surface area contributed by atoms with E-state index < -0.39 is 0 Å². The van der Waals surface area contributed by atoms with Gasteiger partial charge >= 0.3 is 0 Å². The standard InChI is InChI=1S/C14H28N2O/c1-5-7-13(15-6-2)10-16-9-12(11(3)4)8-14(16)17/h11-13,15H,5-10H2,1-4H3. The van der Waals surface area contributed by atoms with E-state index in [4.69, 9.17) is 0 Å². The maximum Gasteiger partial charge on any atom is 0.222 e. The maximum absolute atomic E-state index is 11.9. The molecule has 1 amide bonds. The Balaban J connectivity index is 2.46. The number of hydrogen-bond donors (Lipinski definition) is 1. The smallest absolute Gasteiger partial charge is 0.222 e. The Kier molecular flexibility index (Phi) is 5.96. The Labute approximate surface area is 106 Å². The molecule has 0 aliphatic carbocycles. The Morgan fingerprint density at radius 2 is 2.12 bits per heavy atom. The topological polar surface area (TPSA) is 32.3 Å². The van der Waals surface area contributed by atoms with Crippen LogP contribution in [0.25, 0.3) is 0 Å². The first kappa shape index (κ1) is 14.5. The highest BCUT2D eigenvalue weighted by Crippen LogP contribution is 2.25. The fourth-order valence-corrected chi connectivity index (χ4v) is 2.59. The van der Waals surface area contributed by atoms with Crippen molar-refractivity contribution in [1.29, 1.82) is 0 Å². The van der Waals surface area contributed by atoms with Crippen LogP contribution in [0.15, 0.2) is 0 Å². The van der Waals surface area contributed by atoms with Gasteiger partial charge in [-0.05, 0) is 24.8 Å². The molecule has 1 heterocycles. The van der Waals surface area contributed by atoms with Gasteiger partial charge in [0.15, 0.2) is 0 Å². The summed E-state index contributed by atoms with van der Waals surface area (Å²) < 4.78 is 0. The van der Waals surface area contributed by atoms with E-state index >= 15 is 0 Å². The van der Waals surface area contributed by atoms with Crippen LogP contribution >= 0.6 is 0 Å². The van der Waals surface area contributed by atoms with Crippen molar-refractivity contribution in [2.45, 2.75) is 53.0 Å². The van der Waals surface area contributed by atoms with Gasteiger partial charge in [0, 0.05) is 25.6 Å². The Hall–Kier alpha value is -0.570. The third-order valence-electron chi connectivity index (χ3n) is 3.76. The van der Waals surface area contributed by atoms with Crippen molar-refractivity contribution >= 4 is 5.91 Å². The molecule has 0 aromatic carbocycles. The molecular formula is C14H28N2O. The monoisotopic (exact) mass is 240 g/mol. The van der Waals surface area contributed by atoms with Gasteiger partial charge in [-0.25, -0.2) is 0 Å². The molecule has 100 valence electrons. The average Bonchev–Trinajstić information content (AvgIpc) is 2.61. The first-order valence-corrected chi connectivity index (χ1v) is 7.09. The molecule has 0 radical (unpaired) electrons. The highest BCUT2D eigenvalue weighted by Gasteiger charge is 2.32. The van der Waals surface area contributed by atoms with Gasteiger partial charge in [-0.2, -0.15) is 0 Å². The molecule has 1 aliphatic rings. The minimum absolute atomic E-state index is 0.350. The van der Waals surface area contributed by atoms with Crippen LogP contribution in [0.5, 0.6) is 0 Å². The molecule has 3 nitrogen and oxygen atoms in total. The summed E-state index contributed by atoms with van der Waals surface area (Å²) in [7, 11) is 0. The van der Waals surface area contributed by atoms with Crippen LogP contribution in [-0.2, 0) is 4.79 Å². The second kappa shape index (κ2) is 7.00. The summed E-state index contributed by atoms with van der Waals surface area (Å²) in [6.45, 7) is 11.6. The molecule has 1 fully saturated rings. The Bertz CT molecular complexity index is 234. The second-order valence-corrected chi connectivity index (χ2v) is 5.55. The second-order valence-electron chi connectivity index (χ2n) is 5.55. The van der Waals surface area contributed by atoms with Gasteiger partial charge in [0.05, 0.1) is 0 Å². The van der Waals surface area contributed by atoms with Crippen molar-refractivity contribution in [3.8, 4) is 0 Å². The molecule has 2 unspecified atom stereocenters. The van der Waals surface area contributed by atoms with E-state index in [-0.39, 0.29) is 0 Å². The van der Waals surface area contributed by atoms with Crippen LogP contribution in [0.4, 0.5) is 0 Å². The number of amides is 1. The third kappa shape index (κ3) is 4.30. The summed E-state index contributed by atoms with van der Waals surface area (Å²) in [5, 5.41) is 3.48. The first-order valence-electron chi connectivity index (χ1n) is 7.09. The van der Waals surface area contributed by atoms with Crippen LogP contribution in [0.1, 0.15) is 47.0 Å². The number of likely N-dealkylation sites (tertiary alicyclic amines) is 1. The largest absolute Gasteiger partial charge is 0.341 e. The van der Waals surface area contributed by atoms with E-state index in [1.54, 1.807) is 0 Å². The molecule has 0 saturated carbocycles. The van der Waals surface area contributed by atoms with Gasteiger partial charge in [0.25, 0.3) is 0 Å². The Morgan fingerprint density at radius 3 is 2.59 bits per heavy atom. The number of rotatable bonds is 7. The quantitative estimate of drug-likeness (QED) is 0.740. The molecule has 1 aliphatic heterocycles. The maximum atomic E-state index is 11.9. The summed E-state index contributed by atoms with van der Waals surface area (Å²) in [4.78, 5) is 14.0. The van der Waals surface area contributed by atoms with Crippen molar-refractivity contribution in [1.82, 2.24) is 10.2 Å². The number of nitrogens with zero attached hydrogens (tertiary/aromatic N) is 1. The van der Waals surface area contributed by atoms with Crippen LogP contribution in [-0.4, -0.2) is 36.5 Å². The summed E-state index contributed by atoms with van der Waals surface area (Å²) >= 11 is 0. The molecule has 0 bridgehead atoms. The van der Waals surface area contributed by atoms with E-state index in [2.05, 4.69) is 37.9 Å². The zero-order valence-corrected chi connectivity index (χ0v) is 11.8. The SMILES string of the molecule is CCCC(CN1CC(C(C)C)CC1=O)NCC. The minimum atomic E-state index is 0.350. The van der Waals surface area contributed by atoms with Crippen LogP contribution in [0.2, 0.25) is 0 Å². The molecule has 1 saturated heterocycles. The predicted molar refractivity (Wildman–Crippen MR) is 71.9 cm³/mol. The average molecular weight is 240 g/mol. The van der Waals surface area contributed by atoms with Gasteiger partial charge in [-0.1, -0.05) is 34.1 Å². The van der Waals surface area contributed by atoms with E-state index in [1.807, 2.05) is 0 Å². The summed E-state index contributed by atoms with van der Waals surface area (Å²) in [6.07, 6.45) is 3.08. The molecule has 1 rings (SSSR count). The van der Waals surface area contributed by atoms with Crippen molar-refractivity contribution < 1.29 is 4.79 Å². The van der Waals surface area contributed by atoms with Gasteiger partial charge in [0.2, 0.25) is 5.91 Å². The van der Waals surface area contributed by atoms with Crippen molar-refractivity contribution in [3.05, 3.63) is 0 Å². The number of carbonyl (C=O) groups is 1. The zero-order chi connectivity index (χ0) is 12.8. The summed E-state index contributed by atoms with van der Waals surface area (Å²) in [5.41, 5.74) is 0. The summed E-state index contributed by atoms with van der Waals surface area (Å²) in [5.74, 6) is 1.53. The molecule has 17 heavy (non-hydrogen) atoms. The number of hydrogen-bond acceptors (Lipinski definition) is 2. The lowest BCUT2D eigenvalue weighted by atomic mass is 9.95. The van der Waals surface area contributed by atoms with E-state index in [1.165, 1.54) is 6.42 Å². The molecule has 0 aromatic heterocycles. The Morgan fingerprint density at radius 1 is 1.41 bits per heavy atom. The lowest BCUT2D eigenvalue weighted by molar-refractivity contribution is -0.128. The lowest BCUT2D eigenvalue weighted by Gasteiger charge is -2.25. The number of nitrogens with one attached hydrogen (secondary N) is 1. The summed E-state index contributed by atoms with van der Waals surface area (Å²) in [6, 6.07) is 0.472. The third-order valence-corrected chi connectivity index (χ3v) is 3.76. The van der Waals surface area contributed by atoms with Crippen molar-refractivity contribution in [2.75, 3.05) is 19.6 Å². The van der Waals surface area contributed by atoms with Crippen LogP contribution < -0.4 is 5.32 Å². The zero-order valence-electron chi connectivity index (χ0n) is 11.8. The molecular weight excluding hydrogens is 212 g/mol. The van der Waals surface area contributed by atoms with E-state index in [9.17, 15) is 4.79 Å². The van der Waals surface area contributed by atoms with Gasteiger partial charge in [-0.15, -0.1) is 0 Å². The molecule has 2 atom stereocenters. The highest BCUT2D eigenvalue weighted by molar-refractivity contribution is 5.78. The van der Waals surface area contributed by atoms with Crippen LogP contribution in [0.3, 0.4) is 0 Å². The minimum Gasteiger partial charge on any atom is -0.341 e. The fourth-order valence-electron chi connectivity index (χ4n) is 2.59. The van der Waals surface area contributed by atoms with Crippen molar-refractivity contribution in [3.63, 3.8) is 0 Å².